The van der Waals surface area contributed by atoms with E-state index in [-0.39, 0.29) is 11.9 Å². The number of amides is 1. The summed E-state index contributed by atoms with van der Waals surface area (Å²) in [6.07, 6.45) is 2.02. The number of aryl methyl sites for hydroxylation is 2. The number of hydrogen-bond acceptors (Lipinski definition) is 4. The number of thiazole rings is 1. The van der Waals surface area contributed by atoms with E-state index < -0.39 is 0 Å². The van der Waals surface area contributed by atoms with E-state index in [2.05, 4.69) is 15.6 Å². The number of nitrogens with zero attached hydrogens (tertiary/aromatic N) is 1. The highest BCUT2D eigenvalue weighted by molar-refractivity contribution is 7.16. The summed E-state index contributed by atoms with van der Waals surface area (Å²) in [6, 6.07) is -0.0215. The van der Waals surface area contributed by atoms with Crippen molar-refractivity contribution in [3.05, 3.63) is 10.7 Å². The summed E-state index contributed by atoms with van der Waals surface area (Å²) in [5.74, 6) is 0.0688. The van der Waals surface area contributed by atoms with Gasteiger partial charge in [0, 0.05) is 0 Å². The molecule has 1 fully saturated rings. The third-order valence-electron chi connectivity index (χ3n) is 2.52. The van der Waals surface area contributed by atoms with Crippen molar-refractivity contribution in [2.75, 3.05) is 11.9 Å². The Morgan fingerprint density at radius 2 is 2.40 bits per heavy atom. The molecule has 1 unspecified atom stereocenters. The first-order valence-corrected chi connectivity index (χ1v) is 5.97. The van der Waals surface area contributed by atoms with E-state index in [9.17, 15) is 4.79 Å². The molecule has 0 spiro atoms. The minimum atomic E-state index is -0.0215. The minimum Gasteiger partial charge on any atom is -0.315 e. The fourth-order valence-electron chi connectivity index (χ4n) is 1.75. The van der Waals surface area contributed by atoms with Gasteiger partial charge in [-0.3, -0.25) is 4.79 Å². The zero-order valence-corrected chi connectivity index (χ0v) is 9.78. The van der Waals surface area contributed by atoms with Gasteiger partial charge in [-0.1, -0.05) is 0 Å². The molecule has 1 aliphatic heterocycles. The lowest BCUT2D eigenvalue weighted by molar-refractivity contribution is -0.117. The van der Waals surface area contributed by atoms with E-state index in [1.54, 1.807) is 0 Å². The second-order valence-corrected chi connectivity index (χ2v) is 4.99. The summed E-state index contributed by atoms with van der Waals surface area (Å²) in [5, 5.41) is 7.97. The molecule has 2 N–H and O–H groups in total. The van der Waals surface area contributed by atoms with Gasteiger partial charge in [-0.2, -0.15) is 0 Å². The van der Waals surface area contributed by atoms with Crippen LogP contribution < -0.4 is 10.6 Å². The molecule has 4 nitrogen and oxygen atoms in total. The molecule has 82 valence electrons. The molecular formula is C10H15N3OS. The van der Waals surface area contributed by atoms with Crippen LogP contribution in [-0.4, -0.2) is 23.5 Å². The van der Waals surface area contributed by atoms with Gasteiger partial charge in [0.2, 0.25) is 5.91 Å². The molecule has 1 saturated heterocycles. The van der Waals surface area contributed by atoms with Crippen molar-refractivity contribution < 1.29 is 4.79 Å². The normalized spacial score (nSPS) is 20.5. The maximum absolute atomic E-state index is 11.8. The standard InChI is InChI=1S/C10H15N3OS/c1-6-10(15-7(2)12-6)13-9(14)8-4-3-5-11-8/h8,11H,3-5H2,1-2H3,(H,13,14). The molecule has 2 heterocycles. The number of aromatic nitrogens is 1. The minimum absolute atomic E-state index is 0.0215. The summed E-state index contributed by atoms with van der Waals surface area (Å²) in [6.45, 7) is 4.81. The fourth-order valence-corrected chi connectivity index (χ4v) is 2.58. The van der Waals surface area contributed by atoms with Crippen LogP contribution in [0.15, 0.2) is 0 Å². The van der Waals surface area contributed by atoms with Crippen LogP contribution >= 0.6 is 11.3 Å². The topological polar surface area (TPSA) is 54.0 Å². The van der Waals surface area contributed by atoms with Crippen molar-refractivity contribution in [3.8, 4) is 0 Å². The van der Waals surface area contributed by atoms with Gasteiger partial charge in [0.25, 0.3) is 0 Å². The summed E-state index contributed by atoms with van der Waals surface area (Å²) in [7, 11) is 0. The van der Waals surface area contributed by atoms with Crippen molar-refractivity contribution in [1.82, 2.24) is 10.3 Å². The van der Waals surface area contributed by atoms with Gasteiger partial charge in [0.15, 0.2) is 0 Å². The molecule has 1 aliphatic rings. The average molecular weight is 225 g/mol. The van der Waals surface area contributed by atoms with Crippen molar-refractivity contribution in [3.63, 3.8) is 0 Å². The predicted molar refractivity (Wildman–Crippen MR) is 61.2 cm³/mol. The van der Waals surface area contributed by atoms with E-state index in [0.717, 1.165) is 35.1 Å². The fraction of sp³-hybridized carbons (Fsp3) is 0.600. The van der Waals surface area contributed by atoms with Gasteiger partial charge >= 0.3 is 0 Å². The maximum atomic E-state index is 11.8. The van der Waals surface area contributed by atoms with Gasteiger partial charge in [0.05, 0.1) is 16.7 Å². The van der Waals surface area contributed by atoms with E-state index in [4.69, 9.17) is 0 Å². The second kappa shape index (κ2) is 4.28. The first kappa shape index (κ1) is 10.6. The van der Waals surface area contributed by atoms with Crippen molar-refractivity contribution in [2.45, 2.75) is 32.7 Å². The van der Waals surface area contributed by atoms with Gasteiger partial charge < -0.3 is 10.6 Å². The maximum Gasteiger partial charge on any atom is 0.242 e. The van der Waals surface area contributed by atoms with E-state index in [1.165, 1.54) is 11.3 Å². The van der Waals surface area contributed by atoms with E-state index in [1.807, 2.05) is 13.8 Å². The molecular weight excluding hydrogens is 210 g/mol. The Morgan fingerprint density at radius 3 is 2.93 bits per heavy atom. The molecule has 0 aliphatic carbocycles. The monoisotopic (exact) mass is 225 g/mol. The van der Waals surface area contributed by atoms with Crippen LogP contribution in [0, 0.1) is 13.8 Å². The lowest BCUT2D eigenvalue weighted by Gasteiger charge is -2.09. The van der Waals surface area contributed by atoms with E-state index >= 15 is 0 Å². The first-order valence-electron chi connectivity index (χ1n) is 5.15. The average Bonchev–Trinajstić information content (AvgIpc) is 2.76. The number of carbonyl (C=O) groups is 1. The summed E-state index contributed by atoms with van der Waals surface area (Å²) in [4.78, 5) is 16.1. The molecule has 0 radical (unpaired) electrons. The molecule has 5 heteroatoms. The highest BCUT2D eigenvalue weighted by Crippen LogP contribution is 2.23. The van der Waals surface area contributed by atoms with Gasteiger partial charge in [-0.05, 0) is 33.2 Å². The lowest BCUT2D eigenvalue weighted by Crippen LogP contribution is -2.35. The van der Waals surface area contributed by atoms with Gasteiger partial charge in [-0.25, -0.2) is 4.98 Å². The van der Waals surface area contributed by atoms with Crippen LogP contribution in [0.5, 0.6) is 0 Å². The van der Waals surface area contributed by atoms with Crippen LogP contribution in [-0.2, 0) is 4.79 Å². The van der Waals surface area contributed by atoms with Crippen molar-refractivity contribution in [2.24, 2.45) is 0 Å². The smallest absolute Gasteiger partial charge is 0.242 e. The number of hydrogen-bond donors (Lipinski definition) is 2. The lowest BCUT2D eigenvalue weighted by atomic mass is 10.2. The Hall–Kier alpha value is -0.940. The Balaban J connectivity index is 2.01. The Bertz CT molecular complexity index is 369. The van der Waals surface area contributed by atoms with E-state index in [0.29, 0.717) is 0 Å². The Labute approximate surface area is 93.1 Å². The summed E-state index contributed by atoms with van der Waals surface area (Å²) < 4.78 is 0. The Kier molecular flexibility index (Phi) is 3.02. The third-order valence-corrected chi connectivity index (χ3v) is 3.51. The molecule has 1 atom stereocenters. The first-order chi connectivity index (χ1) is 7.16. The number of anilines is 1. The zero-order valence-electron chi connectivity index (χ0n) is 8.96. The SMILES string of the molecule is Cc1nc(C)c(NC(=O)C2CCCN2)s1. The molecule has 1 aromatic heterocycles. The molecule has 2 rings (SSSR count). The molecule has 0 bridgehead atoms. The van der Waals surface area contributed by atoms with Crippen LogP contribution in [0.1, 0.15) is 23.5 Å². The van der Waals surface area contributed by atoms with Gasteiger partial charge in [-0.15, -0.1) is 11.3 Å². The van der Waals surface area contributed by atoms with Crippen LogP contribution in [0.2, 0.25) is 0 Å². The summed E-state index contributed by atoms with van der Waals surface area (Å²) >= 11 is 1.53. The van der Waals surface area contributed by atoms with Crippen LogP contribution in [0.3, 0.4) is 0 Å². The predicted octanol–water partition coefficient (Wildman–Crippen LogP) is 1.45. The molecule has 1 amide bonds. The highest BCUT2D eigenvalue weighted by atomic mass is 32.1. The quantitative estimate of drug-likeness (QED) is 0.801. The zero-order chi connectivity index (χ0) is 10.8. The number of nitrogens with one attached hydrogen (secondary N) is 2. The van der Waals surface area contributed by atoms with Crippen molar-refractivity contribution in [1.29, 1.82) is 0 Å². The van der Waals surface area contributed by atoms with Crippen LogP contribution in [0.25, 0.3) is 0 Å². The van der Waals surface area contributed by atoms with Crippen LogP contribution in [0.4, 0.5) is 5.00 Å². The third kappa shape index (κ3) is 2.35. The molecule has 0 aromatic carbocycles. The molecule has 15 heavy (non-hydrogen) atoms. The molecule has 1 aromatic rings. The number of rotatable bonds is 2. The molecule has 0 saturated carbocycles. The Morgan fingerprint density at radius 1 is 1.60 bits per heavy atom. The van der Waals surface area contributed by atoms with Crippen molar-refractivity contribution >= 4 is 22.2 Å². The largest absolute Gasteiger partial charge is 0.315 e. The second-order valence-electron chi connectivity index (χ2n) is 3.79. The summed E-state index contributed by atoms with van der Waals surface area (Å²) in [5.41, 5.74) is 0.906. The highest BCUT2D eigenvalue weighted by Gasteiger charge is 2.22. The van der Waals surface area contributed by atoms with Gasteiger partial charge in [0.1, 0.15) is 5.00 Å². The number of carbonyl (C=O) groups excluding carboxylic acids is 1.